The molecular weight excluding hydrogens is 198 g/mol. The van der Waals surface area contributed by atoms with E-state index in [1.165, 1.54) is 0 Å². The van der Waals surface area contributed by atoms with Gasteiger partial charge in [-0.05, 0) is 22.4 Å². The molecule has 0 aliphatic heterocycles. The van der Waals surface area contributed by atoms with Gasteiger partial charge >= 0.3 is 0 Å². The topological polar surface area (TPSA) is 50.9 Å². The summed E-state index contributed by atoms with van der Waals surface area (Å²) in [5.74, 6) is 0. The average molecular weight is 209 g/mol. The molecule has 74 valence electrons. The number of hydrogen-bond donors (Lipinski definition) is 1. The van der Waals surface area contributed by atoms with Gasteiger partial charge in [0.1, 0.15) is 11.8 Å². The summed E-state index contributed by atoms with van der Waals surface area (Å²) in [6.07, 6.45) is 1.78. The monoisotopic (exact) mass is 209 g/mol. The summed E-state index contributed by atoms with van der Waals surface area (Å²) in [5, 5.41) is 21.5. The molecule has 0 saturated carbocycles. The van der Waals surface area contributed by atoms with Gasteiger partial charge in [0.25, 0.3) is 0 Å². The lowest BCUT2D eigenvalue weighted by atomic mass is 10.1. The molecule has 0 spiro atoms. The normalized spacial score (nSPS) is 13.0. The van der Waals surface area contributed by atoms with Gasteiger partial charge in [-0.3, -0.25) is 4.68 Å². The first kappa shape index (κ1) is 9.36. The molecule has 2 aromatic rings. The highest BCUT2D eigenvalue weighted by Gasteiger charge is 2.12. The second-order valence-electron chi connectivity index (χ2n) is 3.17. The molecule has 4 nitrogen and oxygen atoms in total. The van der Waals surface area contributed by atoms with E-state index in [2.05, 4.69) is 10.3 Å². The zero-order valence-corrected chi connectivity index (χ0v) is 8.61. The van der Waals surface area contributed by atoms with E-state index in [-0.39, 0.29) is 0 Å². The van der Waals surface area contributed by atoms with Gasteiger partial charge in [-0.2, -0.15) is 11.3 Å². The van der Waals surface area contributed by atoms with E-state index in [9.17, 15) is 5.11 Å². The molecule has 0 saturated heterocycles. The zero-order chi connectivity index (χ0) is 9.97. The van der Waals surface area contributed by atoms with Crippen molar-refractivity contribution in [3.05, 3.63) is 34.3 Å². The van der Waals surface area contributed by atoms with Crippen molar-refractivity contribution in [1.82, 2.24) is 15.0 Å². The Morgan fingerprint density at radius 2 is 2.50 bits per heavy atom. The van der Waals surface area contributed by atoms with Crippen molar-refractivity contribution in [2.45, 2.75) is 12.5 Å². The van der Waals surface area contributed by atoms with Crippen LogP contribution in [-0.4, -0.2) is 20.1 Å². The average Bonchev–Trinajstić information content (AvgIpc) is 2.75. The molecule has 2 aromatic heterocycles. The highest BCUT2D eigenvalue weighted by atomic mass is 32.1. The van der Waals surface area contributed by atoms with Crippen LogP contribution in [0.5, 0.6) is 0 Å². The van der Waals surface area contributed by atoms with Crippen molar-refractivity contribution in [2.75, 3.05) is 0 Å². The summed E-state index contributed by atoms with van der Waals surface area (Å²) < 4.78 is 1.59. The molecule has 0 aromatic carbocycles. The third kappa shape index (κ3) is 2.00. The van der Waals surface area contributed by atoms with Gasteiger partial charge in [0.15, 0.2) is 0 Å². The van der Waals surface area contributed by atoms with Crippen LogP contribution in [0.1, 0.15) is 17.4 Å². The Bertz CT molecular complexity index is 396. The lowest BCUT2D eigenvalue weighted by Crippen LogP contribution is -2.01. The van der Waals surface area contributed by atoms with Gasteiger partial charge in [0.2, 0.25) is 0 Å². The fourth-order valence-corrected chi connectivity index (χ4v) is 1.94. The first-order valence-corrected chi connectivity index (χ1v) is 5.25. The molecule has 1 atom stereocenters. The van der Waals surface area contributed by atoms with Crippen LogP contribution in [0.2, 0.25) is 0 Å². The van der Waals surface area contributed by atoms with E-state index >= 15 is 0 Å². The minimum absolute atomic E-state index is 0.557. The number of aromatic nitrogens is 3. The van der Waals surface area contributed by atoms with Crippen molar-refractivity contribution in [3.63, 3.8) is 0 Å². The van der Waals surface area contributed by atoms with E-state index in [4.69, 9.17) is 0 Å². The van der Waals surface area contributed by atoms with Crippen LogP contribution in [0.25, 0.3) is 0 Å². The molecule has 0 aliphatic carbocycles. The van der Waals surface area contributed by atoms with Gasteiger partial charge in [-0.1, -0.05) is 5.21 Å². The van der Waals surface area contributed by atoms with E-state index < -0.39 is 6.10 Å². The number of nitrogens with zero attached hydrogens (tertiary/aromatic N) is 3. The molecule has 2 heterocycles. The highest BCUT2D eigenvalue weighted by Crippen LogP contribution is 2.17. The van der Waals surface area contributed by atoms with Crippen molar-refractivity contribution < 1.29 is 5.11 Å². The standard InChI is InChI=1S/C9H11N3OS/c1-12-5-8(10-11-12)9(13)4-7-2-3-14-6-7/h2-3,5-6,9,13H,4H2,1H3. The van der Waals surface area contributed by atoms with Crippen molar-refractivity contribution in [3.8, 4) is 0 Å². The largest absolute Gasteiger partial charge is 0.386 e. The van der Waals surface area contributed by atoms with Crippen LogP contribution in [0.3, 0.4) is 0 Å². The lowest BCUT2D eigenvalue weighted by Gasteiger charge is -2.04. The first-order chi connectivity index (χ1) is 6.75. The summed E-state index contributed by atoms with van der Waals surface area (Å²) >= 11 is 1.63. The summed E-state index contributed by atoms with van der Waals surface area (Å²) in [6, 6.07) is 2.00. The molecule has 5 heteroatoms. The lowest BCUT2D eigenvalue weighted by molar-refractivity contribution is 0.173. The van der Waals surface area contributed by atoms with Gasteiger partial charge in [0.05, 0.1) is 6.20 Å². The second kappa shape index (κ2) is 3.89. The first-order valence-electron chi connectivity index (χ1n) is 4.31. The van der Waals surface area contributed by atoms with Crippen molar-refractivity contribution in [2.24, 2.45) is 7.05 Å². The summed E-state index contributed by atoms with van der Waals surface area (Å²) in [5.41, 5.74) is 1.76. The van der Waals surface area contributed by atoms with Crippen LogP contribution in [0.4, 0.5) is 0 Å². The molecule has 0 radical (unpaired) electrons. The Balaban J connectivity index is 2.06. The SMILES string of the molecule is Cn1cc(C(O)Cc2ccsc2)nn1. The number of aryl methyl sites for hydroxylation is 1. The van der Waals surface area contributed by atoms with E-state index in [0.717, 1.165) is 5.56 Å². The van der Waals surface area contributed by atoms with E-state index in [1.807, 2.05) is 16.8 Å². The molecule has 1 unspecified atom stereocenters. The minimum atomic E-state index is -0.557. The summed E-state index contributed by atoms with van der Waals surface area (Å²) in [7, 11) is 1.79. The summed E-state index contributed by atoms with van der Waals surface area (Å²) in [4.78, 5) is 0. The minimum Gasteiger partial charge on any atom is -0.386 e. The van der Waals surface area contributed by atoms with E-state index in [0.29, 0.717) is 12.1 Å². The Morgan fingerprint density at radius 1 is 1.64 bits per heavy atom. The van der Waals surface area contributed by atoms with Gasteiger partial charge in [-0.15, -0.1) is 5.10 Å². The zero-order valence-electron chi connectivity index (χ0n) is 7.79. The fourth-order valence-electron chi connectivity index (χ4n) is 1.25. The predicted molar refractivity (Wildman–Crippen MR) is 54.0 cm³/mol. The number of aliphatic hydroxyl groups excluding tert-OH is 1. The third-order valence-electron chi connectivity index (χ3n) is 1.97. The maximum atomic E-state index is 9.79. The Hall–Kier alpha value is -1.20. The van der Waals surface area contributed by atoms with Crippen LogP contribution >= 0.6 is 11.3 Å². The van der Waals surface area contributed by atoms with Crippen LogP contribution < -0.4 is 0 Å². The van der Waals surface area contributed by atoms with Crippen LogP contribution in [0.15, 0.2) is 23.0 Å². The number of aliphatic hydroxyl groups is 1. The van der Waals surface area contributed by atoms with Gasteiger partial charge < -0.3 is 5.11 Å². The Morgan fingerprint density at radius 3 is 3.07 bits per heavy atom. The quantitative estimate of drug-likeness (QED) is 0.825. The van der Waals surface area contributed by atoms with Crippen LogP contribution in [-0.2, 0) is 13.5 Å². The fraction of sp³-hybridized carbons (Fsp3) is 0.333. The second-order valence-corrected chi connectivity index (χ2v) is 3.95. The molecular formula is C9H11N3OS. The Labute approximate surface area is 85.8 Å². The van der Waals surface area contributed by atoms with Gasteiger partial charge in [-0.25, -0.2) is 0 Å². The molecule has 0 amide bonds. The third-order valence-corrected chi connectivity index (χ3v) is 2.70. The smallest absolute Gasteiger partial charge is 0.111 e. The predicted octanol–water partition coefficient (Wildman–Crippen LogP) is 1.15. The van der Waals surface area contributed by atoms with Crippen molar-refractivity contribution >= 4 is 11.3 Å². The number of hydrogen-bond acceptors (Lipinski definition) is 4. The molecule has 0 bridgehead atoms. The maximum absolute atomic E-state index is 9.79. The number of rotatable bonds is 3. The molecule has 1 N–H and O–H groups in total. The Kier molecular flexibility index (Phi) is 2.60. The van der Waals surface area contributed by atoms with Crippen LogP contribution in [0, 0.1) is 0 Å². The maximum Gasteiger partial charge on any atom is 0.111 e. The number of thiophene rings is 1. The molecule has 0 fully saturated rings. The highest BCUT2D eigenvalue weighted by molar-refractivity contribution is 7.07. The van der Waals surface area contributed by atoms with Gasteiger partial charge in [0, 0.05) is 13.5 Å². The molecule has 14 heavy (non-hydrogen) atoms. The van der Waals surface area contributed by atoms with Crippen molar-refractivity contribution in [1.29, 1.82) is 0 Å². The molecule has 0 aliphatic rings. The molecule has 2 rings (SSSR count). The van der Waals surface area contributed by atoms with E-state index in [1.54, 1.807) is 29.3 Å². The summed E-state index contributed by atoms with van der Waals surface area (Å²) in [6.45, 7) is 0.